The summed E-state index contributed by atoms with van der Waals surface area (Å²) in [4.78, 5) is 23.0. The lowest BCUT2D eigenvalue weighted by molar-refractivity contribution is -0.119. The highest BCUT2D eigenvalue weighted by atomic mass is 16.2. The molecule has 2 amide bonds. The average Bonchev–Trinajstić information content (AvgIpc) is 2.34. The highest BCUT2D eigenvalue weighted by Crippen LogP contribution is 2.05. The van der Waals surface area contributed by atoms with Gasteiger partial charge in [-0.15, -0.1) is 6.58 Å². The van der Waals surface area contributed by atoms with Gasteiger partial charge in [0.05, 0.1) is 6.54 Å². The zero-order valence-electron chi connectivity index (χ0n) is 9.82. The van der Waals surface area contributed by atoms with E-state index < -0.39 is 0 Å². The van der Waals surface area contributed by atoms with Crippen LogP contribution < -0.4 is 10.6 Å². The Morgan fingerprint density at radius 2 is 2.00 bits per heavy atom. The van der Waals surface area contributed by atoms with Gasteiger partial charge in [0.2, 0.25) is 5.91 Å². The molecule has 1 aromatic carbocycles. The normalized spacial score (nSPS) is 9.47. The molecule has 1 rings (SSSR count). The van der Waals surface area contributed by atoms with Crippen LogP contribution >= 0.6 is 0 Å². The number of hydrogen-bond acceptors (Lipinski definition) is 2. The number of carbonyl (C=O) groups excluding carboxylic acids is 2. The van der Waals surface area contributed by atoms with Gasteiger partial charge in [-0.25, -0.2) is 0 Å². The quantitative estimate of drug-likeness (QED) is 0.745. The lowest BCUT2D eigenvalue weighted by atomic mass is 10.1. The molecule has 0 radical (unpaired) electrons. The lowest BCUT2D eigenvalue weighted by Crippen LogP contribution is -2.37. The van der Waals surface area contributed by atoms with Crippen LogP contribution in [0, 0.1) is 6.92 Å². The van der Waals surface area contributed by atoms with Gasteiger partial charge in [0.1, 0.15) is 0 Å². The molecular formula is C13H16N2O2. The molecule has 0 aliphatic rings. The van der Waals surface area contributed by atoms with Crippen molar-refractivity contribution in [1.29, 1.82) is 0 Å². The summed E-state index contributed by atoms with van der Waals surface area (Å²) < 4.78 is 0. The largest absolute Gasteiger partial charge is 0.351 e. The summed E-state index contributed by atoms with van der Waals surface area (Å²) in [7, 11) is 0. The molecule has 90 valence electrons. The summed E-state index contributed by atoms with van der Waals surface area (Å²) in [5.41, 5.74) is 1.47. The molecule has 4 nitrogen and oxygen atoms in total. The van der Waals surface area contributed by atoms with Crippen LogP contribution in [0.4, 0.5) is 0 Å². The Labute approximate surface area is 101 Å². The summed E-state index contributed by atoms with van der Waals surface area (Å²) in [6.07, 6.45) is 1.58. The maximum Gasteiger partial charge on any atom is 0.251 e. The molecule has 0 spiro atoms. The zero-order chi connectivity index (χ0) is 12.7. The van der Waals surface area contributed by atoms with Crippen molar-refractivity contribution >= 4 is 11.8 Å². The molecule has 0 bridgehead atoms. The Hall–Kier alpha value is -2.10. The predicted molar refractivity (Wildman–Crippen MR) is 66.7 cm³/mol. The standard InChI is InChI=1S/C13H16N2O2/c1-3-8-14-12(16)9-15-13(17)11-7-5-4-6-10(11)2/h3-7H,1,8-9H2,2H3,(H,14,16)(H,15,17). The molecule has 0 saturated heterocycles. The van der Waals surface area contributed by atoms with Gasteiger partial charge in [-0.2, -0.15) is 0 Å². The molecule has 0 aromatic heterocycles. The second-order valence-corrected chi connectivity index (χ2v) is 3.59. The van der Waals surface area contributed by atoms with Crippen LogP contribution in [0.1, 0.15) is 15.9 Å². The number of rotatable bonds is 5. The molecule has 0 aliphatic heterocycles. The minimum atomic E-state index is -0.239. The summed E-state index contributed by atoms with van der Waals surface area (Å²) in [6.45, 7) is 5.71. The summed E-state index contributed by atoms with van der Waals surface area (Å²) in [6, 6.07) is 7.24. The van der Waals surface area contributed by atoms with Gasteiger partial charge in [-0.05, 0) is 18.6 Å². The molecule has 17 heavy (non-hydrogen) atoms. The van der Waals surface area contributed by atoms with Crippen molar-refractivity contribution in [3.8, 4) is 0 Å². The first-order valence-electron chi connectivity index (χ1n) is 5.36. The topological polar surface area (TPSA) is 58.2 Å². The van der Waals surface area contributed by atoms with E-state index in [1.807, 2.05) is 19.1 Å². The van der Waals surface area contributed by atoms with E-state index in [4.69, 9.17) is 0 Å². The van der Waals surface area contributed by atoms with Crippen LogP contribution in [0.3, 0.4) is 0 Å². The minimum absolute atomic E-state index is 0.0268. The number of carbonyl (C=O) groups is 2. The third-order valence-electron chi connectivity index (χ3n) is 2.24. The van der Waals surface area contributed by atoms with E-state index in [1.54, 1.807) is 18.2 Å². The van der Waals surface area contributed by atoms with Crippen molar-refractivity contribution in [2.24, 2.45) is 0 Å². The van der Waals surface area contributed by atoms with E-state index in [9.17, 15) is 9.59 Å². The van der Waals surface area contributed by atoms with Crippen molar-refractivity contribution in [3.63, 3.8) is 0 Å². The number of aryl methyl sites for hydroxylation is 1. The first-order chi connectivity index (χ1) is 8.15. The third kappa shape index (κ3) is 4.10. The van der Waals surface area contributed by atoms with Gasteiger partial charge in [-0.1, -0.05) is 24.3 Å². The van der Waals surface area contributed by atoms with Crippen LogP contribution in [-0.2, 0) is 4.79 Å². The zero-order valence-corrected chi connectivity index (χ0v) is 9.82. The van der Waals surface area contributed by atoms with E-state index in [0.717, 1.165) is 5.56 Å². The van der Waals surface area contributed by atoms with E-state index in [-0.39, 0.29) is 18.4 Å². The van der Waals surface area contributed by atoms with Crippen LogP contribution in [0.2, 0.25) is 0 Å². The molecule has 4 heteroatoms. The smallest absolute Gasteiger partial charge is 0.251 e. The molecule has 0 heterocycles. The first-order valence-corrected chi connectivity index (χ1v) is 5.36. The fourth-order valence-corrected chi connectivity index (χ4v) is 1.33. The number of benzene rings is 1. The number of nitrogens with one attached hydrogen (secondary N) is 2. The lowest BCUT2D eigenvalue weighted by Gasteiger charge is -2.07. The second-order valence-electron chi connectivity index (χ2n) is 3.59. The van der Waals surface area contributed by atoms with Crippen LogP contribution in [0.15, 0.2) is 36.9 Å². The van der Waals surface area contributed by atoms with E-state index in [2.05, 4.69) is 17.2 Å². The summed E-state index contributed by atoms with van der Waals surface area (Å²) in [5, 5.41) is 5.15. The maximum atomic E-state index is 11.7. The highest BCUT2D eigenvalue weighted by molar-refractivity contribution is 5.97. The van der Waals surface area contributed by atoms with E-state index >= 15 is 0 Å². The number of hydrogen-bond donors (Lipinski definition) is 2. The molecule has 0 aliphatic carbocycles. The second kappa shape index (κ2) is 6.48. The average molecular weight is 232 g/mol. The molecule has 0 saturated carbocycles. The third-order valence-corrected chi connectivity index (χ3v) is 2.24. The summed E-state index contributed by atoms with van der Waals surface area (Å²) in [5.74, 6) is -0.469. The van der Waals surface area contributed by atoms with Crippen LogP contribution in [0.5, 0.6) is 0 Å². The van der Waals surface area contributed by atoms with E-state index in [0.29, 0.717) is 12.1 Å². The Morgan fingerprint density at radius 3 is 2.65 bits per heavy atom. The SMILES string of the molecule is C=CCNC(=O)CNC(=O)c1ccccc1C. The van der Waals surface area contributed by atoms with Crippen molar-refractivity contribution in [2.45, 2.75) is 6.92 Å². The molecule has 0 fully saturated rings. The molecule has 0 unspecified atom stereocenters. The Kier molecular flexibility index (Phi) is 4.94. The maximum absolute atomic E-state index is 11.7. The minimum Gasteiger partial charge on any atom is -0.351 e. The van der Waals surface area contributed by atoms with Gasteiger partial charge in [0.25, 0.3) is 5.91 Å². The summed E-state index contributed by atoms with van der Waals surface area (Å²) >= 11 is 0. The fourth-order valence-electron chi connectivity index (χ4n) is 1.33. The highest BCUT2D eigenvalue weighted by Gasteiger charge is 2.08. The van der Waals surface area contributed by atoms with E-state index in [1.165, 1.54) is 0 Å². The molecule has 0 atom stereocenters. The van der Waals surface area contributed by atoms with Gasteiger partial charge < -0.3 is 10.6 Å². The monoisotopic (exact) mass is 232 g/mol. The van der Waals surface area contributed by atoms with Crippen molar-refractivity contribution in [2.75, 3.05) is 13.1 Å². The van der Waals surface area contributed by atoms with Crippen molar-refractivity contribution in [3.05, 3.63) is 48.0 Å². The first kappa shape index (κ1) is 13.0. The van der Waals surface area contributed by atoms with Crippen molar-refractivity contribution in [1.82, 2.24) is 10.6 Å². The fraction of sp³-hybridized carbons (Fsp3) is 0.231. The van der Waals surface area contributed by atoms with Gasteiger partial charge in [-0.3, -0.25) is 9.59 Å². The molecule has 2 N–H and O–H groups in total. The van der Waals surface area contributed by atoms with Crippen LogP contribution in [0.25, 0.3) is 0 Å². The van der Waals surface area contributed by atoms with Gasteiger partial charge >= 0.3 is 0 Å². The Morgan fingerprint density at radius 1 is 1.29 bits per heavy atom. The van der Waals surface area contributed by atoms with Gasteiger partial charge in [0, 0.05) is 12.1 Å². The van der Waals surface area contributed by atoms with Crippen LogP contribution in [-0.4, -0.2) is 24.9 Å². The predicted octanol–water partition coefficient (Wildman–Crippen LogP) is 1.03. The Balaban J connectivity index is 2.48. The number of amides is 2. The Bertz CT molecular complexity index is 427. The van der Waals surface area contributed by atoms with Crippen molar-refractivity contribution < 1.29 is 9.59 Å². The van der Waals surface area contributed by atoms with Gasteiger partial charge in [0.15, 0.2) is 0 Å². The molecule has 1 aromatic rings. The molecular weight excluding hydrogens is 216 g/mol.